The second kappa shape index (κ2) is 7.87. The molecule has 152 valence electrons. The first-order chi connectivity index (χ1) is 13.5. The largest absolute Gasteiger partial charge is 0.508 e. The summed E-state index contributed by atoms with van der Waals surface area (Å²) in [6, 6.07) is 11.8. The number of aromatic hydroxyl groups is 2. The van der Waals surface area contributed by atoms with Crippen molar-refractivity contribution in [3.8, 4) is 11.5 Å². The lowest BCUT2D eigenvalue weighted by molar-refractivity contribution is 0.439. The minimum Gasteiger partial charge on any atom is -0.508 e. The summed E-state index contributed by atoms with van der Waals surface area (Å²) in [7, 11) is -5.19. The summed E-state index contributed by atoms with van der Waals surface area (Å²) in [6.07, 6.45) is 0. The first kappa shape index (κ1) is 22.0. The molecule has 3 rings (SSSR count). The third kappa shape index (κ3) is 3.54. The third-order valence-corrected chi connectivity index (χ3v) is 7.10. The van der Waals surface area contributed by atoms with E-state index in [0.717, 1.165) is 6.07 Å². The number of rotatable bonds is 4. The monoisotopic (exact) mass is 492 g/mol. The molecule has 0 saturated heterocycles. The molecule has 0 aliphatic carbocycles. The van der Waals surface area contributed by atoms with Gasteiger partial charge >= 0.3 is 0 Å². The predicted molar refractivity (Wildman–Crippen MR) is 114 cm³/mol. The van der Waals surface area contributed by atoms with Gasteiger partial charge in [-0.1, -0.05) is 64.6 Å². The lowest BCUT2D eigenvalue weighted by Crippen LogP contribution is -2.39. The molecule has 1 atom stereocenters. The van der Waals surface area contributed by atoms with Crippen LogP contribution in [0, 0.1) is 0 Å². The van der Waals surface area contributed by atoms with E-state index in [0.29, 0.717) is 0 Å². The van der Waals surface area contributed by atoms with Crippen LogP contribution in [0.1, 0.15) is 16.7 Å². The van der Waals surface area contributed by atoms with Crippen molar-refractivity contribution in [3.05, 3.63) is 91.4 Å². The highest BCUT2D eigenvalue weighted by Crippen LogP contribution is 2.54. The molecule has 3 aromatic rings. The van der Waals surface area contributed by atoms with Gasteiger partial charge in [0.05, 0.1) is 5.02 Å². The molecule has 0 heterocycles. The van der Waals surface area contributed by atoms with Crippen molar-refractivity contribution in [1.29, 1.82) is 0 Å². The molecule has 0 aliphatic heterocycles. The van der Waals surface area contributed by atoms with Crippen LogP contribution in [0.5, 0.6) is 11.5 Å². The molecule has 10 heteroatoms. The highest BCUT2D eigenvalue weighted by Gasteiger charge is 2.53. The Balaban J connectivity index is 2.71. The topological polar surface area (TPSA) is 94.8 Å². The van der Waals surface area contributed by atoms with Gasteiger partial charge < -0.3 is 10.2 Å². The average molecular weight is 494 g/mol. The maximum Gasteiger partial charge on any atom is 0.283 e. The predicted octanol–water partition coefficient (Wildman–Crippen LogP) is 5.89. The number of halogens is 4. The molecule has 0 bridgehead atoms. The molecule has 5 nitrogen and oxygen atoms in total. The van der Waals surface area contributed by atoms with Crippen LogP contribution < -0.4 is 0 Å². The smallest absolute Gasteiger partial charge is 0.283 e. The Morgan fingerprint density at radius 3 is 1.90 bits per heavy atom. The van der Waals surface area contributed by atoms with Crippen molar-refractivity contribution in [1.82, 2.24) is 0 Å². The molecule has 0 aromatic heterocycles. The van der Waals surface area contributed by atoms with Gasteiger partial charge in [-0.05, 0) is 36.4 Å². The van der Waals surface area contributed by atoms with Gasteiger partial charge in [-0.25, -0.2) is 0 Å². The van der Waals surface area contributed by atoms with Crippen LogP contribution in [-0.2, 0) is 14.9 Å². The third-order valence-electron chi connectivity index (χ3n) is 4.40. The van der Waals surface area contributed by atoms with Gasteiger partial charge in [0.1, 0.15) is 11.5 Å². The number of phenolic OH excluding ortho intramolecular Hbond substituents is 2. The van der Waals surface area contributed by atoms with Gasteiger partial charge in [-0.2, -0.15) is 8.42 Å². The number of phenols is 2. The van der Waals surface area contributed by atoms with E-state index >= 15 is 0 Å². The molecule has 0 fully saturated rings. The standard InChI is InChI=1S/C19H12Cl4O5S/c20-13-4-2-1-3-11(13)19(29(26,27)28,12-9-10(24)5-6-14(12)21)17-15(22)7-8-16(23)18(17)25/h1-9,24-25H,(H,26,27,28). The number of hydrogen-bond donors (Lipinski definition) is 3. The highest BCUT2D eigenvalue weighted by atomic mass is 35.5. The molecular weight excluding hydrogens is 482 g/mol. The van der Waals surface area contributed by atoms with Crippen molar-refractivity contribution in [2.75, 3.05) is 0 Å². The van der Waals surface area contributed by atoms with E-state index in [-0.39, 0.29) is 37.0 Å². The molecule has 3 N–H and O–H groups in total. The van der Waals surface area contributed by atoms with Gasteiger partial charge in [-0.15, -0.1) is 0 Å². The molecule has 0 saturated carbocycles. The highest BCUT2D eigenvalue weighted by molar-refractivity contribution is 7.87. The summed E-state index contributed by atoms with van der Waals surface area (Å²) < 4.78 is 34.0. The van der Waals surface area contributed by atoms with Crippen molar-refractivity contribution < 1.29 is 23.2 Å². The fourth-order valence-corrected chi connectivity index (χ4v) is 5.75. The number of hydrogen-bond acceptors (Lipinski definition) is 4. The van der Waals surface area contributed by atoms with Crippen LogP contribution in [0.4, 0.5) is 0 Å². The van der Waals surface area contributed by atoms with Crippen LogP contribution in [0.25, 0.3) is 0 Å². The first-order valence-corrected chi connectivity index (χ1v) is 10.9. The lowest BCUT2D eigenvalue weighted by atomic mass is 9.83. The Labute approximate surface area is 186 Å². The minimum absolute atomic E-state index is 0.0695. The van der Waals surface area contributed by atoms with Crippen molar-refractivity contribution in [2.45, 2.75) is 4.75 Å². The van der Waals surface area contributed by atoms with Gasteiger partial charge in [0.15, 0.2) is 4.75 Å². The van der Waals surface area contributed by atoms with E-state index in [1.165, 1.54) is 42.5 Å². The second-order valence-electron chi connectivity index (χ2n) is 6.05. The Bertz CT molecular complexity index is 1210. The molecular formula is C19H12Cl4O5S. The van der Waals surface area contributed by atoms with Crippen molar-refractivity contribution >= 4 is 56.5 Å². The summed E-state index contributed by atoms with van der Waals surface area (Å²) in [6.45, 7) is 0. The van der Waals surface area contributed by atoms with Crippen molar-refractivity contribution in [2.24, 2.45) is 0 Å². The van der Waals surface area contributed by atoms with Gasteiger partial charge in [0.2, 0.25) is 0 Å². The number of benzene rings is 3. The molecule has 29 heavy (non-hydrogen) atoms. The Morgan fingerprint density at radius 2 is 1.28 bits per heavy atom. The maximum absolute atomic E-state index is 13.0. The molecule has 0 spiro atoms. The Morgan fingerprint density at radius 1 is 0.724 bits per heavy atom. The second-order valence-corrected chi connectivity index (χ2v) is 9.24. The average Bonchev–Trinajstić information content (AvgIpc) is 2.64. The quantitative estimate of drug-likeness (QED) is 0.311. The maximum atomic E-state index is 13.0. The van der Waals surface area contributed by atoms with Crippen LogP contribution in [0.3, 0.4) is 0 Å². The lowest BCUT2D eigenvalue weighted by Gasteiger charge is -2.35. The van der Waals surface area contributed by atoms with E-state index in [4.69, 9.17) is 46.4 Å². The summed E-state index contributed by atoms with van der Waals surface area (Å²) in [5.41, 5.74) is -0.903. The van der Waals surface area contributed by atoms with E-state index in [1.54, 1.807) is 6.07 Å². The summed E-state index contributed by atoms with van der Waals surface area (Å²) in [5.74, 6) is -1.04. The van der Waals surface area contributed by atoms with Crippen LogP contribution in [-0.4, -0.2) is 23.2 Å². The zero-order chi connectivity index (χ0) is 21.6. The van der Waals surface area contributed by atoms with Crippen molar-refractivity contribution in [3.63, 3.8) is 0 Å². The zero-order valence-corrected chi connectivity index (χ0v) is 18.1. The fourth-order valence-electron chi connectivity index (χ4n) is 3.23. The van der Waals surface area contributed by atoms with Crippen LogP contribution in [0.15, 0.2) is 54.6 Å². The first-order valence-electron chi connectivity index (χ1n) is 7.90. The van der Waals surface area contributed by atoms with Gasteiger partial charge in [0, 0.05) is 31.8 Å². The normalized spacial score (nSPS) is 13.8. The van der Waals surface area contributed by atoms with Crippen LogP contribution in [0.2, 0.25) is 20.1 Å². The van der Waals surface area contributed by atoms with E-state index in [1.807, 2.05) is 0 Å². The Hall–Kier alpha value is -1.67. The summed E-state index contributed by atoms with van der Waals surface area (Å²) in [4.78, 5) is 0. The SMILES string of the molecule is O=S(=O)(O)C(c1ccccc1Cl)(c1cc(O)ccc1Cl)c1c(Cl)ccc(Cl)c1O. The fraction of sp³-hybridized carbons (Fsp3) is 0.0526. The summed E-state index contributed by atoms with van der Waals surface area (Å²) >= 11 is 24.9. The van der Waals surface area contributed by atoms with E-state index < -0.39 is 26.2 Å². The molecule has 1 unspecified atom stereocenters. The minimum atomic E-state index is -5.19. The Kier molecular flexibility index (Phi) is 5.98. The molecule has 0 amide bonds. The molecule has 0 radical (unpaired) electrons. The molecule has 3 aromatic carbocycles. The summed E-state index contributed by atoms with van der Waals surface area (Å²) in [5, 5.41) is 20.1. The van der Waals surface area contributed by atoms with Gasteiger partial charge in [-0.3, -0.25) is 4.55 Å². The van der Waals surface area contributed by atoms with E-state index in [2.05, 4.69) is 0 Å². The molecule has 0 aliphatic rings. The van der Waals surface area contributed by atoms with Crippen LogP contribution >= 0.6 is 46.4 Å². The zero-order valence-electron chi connectivity index (χ0n) is 14.3. The van der Waals surface area contributed by atoms with E-state index in [9.17, 15) is 23.2 Å². The van der Waals surface area contributed by atoms with Gasteiger partial charge in [0.25, 0.3) is 10.1 Å².